The summed E-state index contributed by atoms with van der Waals surface area (Å²) >= 11 is 0. The van der Waals surface area contributed by atoms with Gasteiger partial charge in [0.05, 0.1) is 12.7 Å². The zero-order valence-corrected chi connectivity index (χ0v) is 16.1. The molecule has 0 aliphatic rings. The molecule has 0 spiro atoms. The number of methoxy groups -OCH3 is 1. The first-order valence-electron chi connectivity index (χ1n) is 8.94. The van der Waals surface area contributed by atoms with Gasteiger partial charge in [-0.15, -0.1) is 0 Å². The second-order valence-electron chi connectivity index (χ2n) is 6.51. The van der Waals surface area contributed by atoms with Gasteiger partial charge in [-0.25, -0.2) is 9.78 Å². The number of aryl methyl sites for hydroxylation is 2. The van der Waals surface area contributed by atoms with Crippen LogP contribution in [0.4, 0.5) is 5.82 Å². The van der Waals surface area contributed by atoms with Gasteiger partial charge in [-0.05, 0) is 55.3 Å². The number of aromatic amines is 1. The molecule has 0 aliphatic heterocycles. The van der Waals surface area contributed by atoms with Crippen molar-refractivity contribution in [3.05, 3.63) is 64.7 Å². The minimum atomic E-state index is -0.421. The average Bonchev–Trinajstić information content (AvgIpc) is 2.70. The predicted octanol–water partition coefficient (Wildman–Crippen LogP) is 3.42. The van der Waals surface area contributed by atoms with Crippen LogP contribution in [0.3, 0.4) is 0 Å². The van der Waals surface area contributed by atoms with Crippen molar-refractivity contribution in [3.63, 3.8) is 0 Å². The molecule has 2 N–H and O–H groups in total. The van der Waals surface area contributed by atoms with Gasteiger partial charge in [0.2, 0.25) is 0 Å². The van der Waals surface area contributed by atoms with Crippen molar-refractivity contribution in [2.75, 3.05) is 25.6 Å². The van der Waals surface area contributed by atoms with Crippen molar-refractivity contribution in [2.45, 2.75) is 13.8 Å². The maximum atomic E-state index is 12.1. The Bertz CT molecular complexity index is 1070. The molecule has 0 bridgehead atoms. The van der Waals surface area contributed by atoms with Gasteiger partial charge in [-0.3, -0.25) is 5.32 Å². The number of rotatable bonds is 6. The number of nitrogens with one attached hydrogen (secondary N) is 2. The Morgan fingerprint density at radius 2 is 2.04 bits per heavy atom. The Kier molecular flexibility index (Phi) is 5.75. The minimum absolute atomic E-state index is 0.166. The number of hydrogen-bond donors (Lipinski definition) is 1. The minimum Gasteiger partial charge on any atom is -0.497 e. The van der Waals surface area contributed by atoms with Crippen LogP contribution < -0.4 is 15.0 Å². The molecular formula is C22H22N3O3+. The number of fused-ring (bicyclic) bond motifs is 1. The molecule has 142 valence electrons. The molecule has 0 unspecified atom stereocenters. The van der Waals surface area contributed by atoms with Crippen LogP contribution in [0.5, 0.6) is 5.75 Å². The van der Waals surface area contributed by atoms with Crippen LogP contribution in [-0.4, -0.2) is 26.2 Å². The van der Waals surface area contributed by atoms with Gasteiger partial charge in [0, 0.05) is 5.39 Å². The molecule has 28 heavy (non-hydrogen) atoms. The van der Waals surface area contributed by atoms with E-state index in [1.165, 1.54) is 0 Å². The summed E-state index contributed by atoms with van der Waals surface area (Å²) in [5.74, 6) is 0.787. The van der Waals surface area contributed by atoms with Crippen LogP contribution in [-0.2, 0) is 4.74 Å². The lowest BCUT2D eigenvalue weighted by molar-refractivity contribution is -0.327. The molecule has 0 amide bonds. The highest BCUT2D eigenvalue weighted by atomic mass is 16.5. The van der Waals surface area contributed by atoms with Crippen molar-refractivity contribution >= 4 is 22.7 Å². The molecule has 0 saturated carbocycles. The van der Waals surface area contributed by atoms with Gasteiger partial charge in [-0.1, -0.05) is 12.1 Å². The molecular weight excluding hydrogens is 354 g/mol. The molecule has 1 aromatic heterocycles. The molecule has 3 aromatic rings. The van der Waals surface area contributed by atoms with E-state index in [0.717, 1.165) is 22.0 Å². The first-order valence-corrected chi connectivity index (χ1v) is 8.94. The molecule has 0 atom stereocenters. The zero-order valence-electron chi connectivity index (χ0n) is 16.1. The van der Waals surface area contributed by atoms with Crippen molar-refractivity contribution < 1.29 is 19.3 Å². The molecule has 0 radical (unpaired) electrons. The summed E-state index contributed by atoms with van der Waals surface area (Å²) in [5, 5.41) is 13.6. The zero-order chi connectivity index (χ0) is 20.1. The Hall–Kier alpha value is -3.59. The number of carbonyl (C=O) groups excluding carboxylic acids is 1. The standard InChI is InChI=1S/C22H21N3O3/c1-14-9-15(2)19-12-17(13-23)21(25-20(19)10-14)24-7-8-28-22(26)16-5-4-6-18(11-16)27-3/h4-6,9-12H,7-8H2,1-3H3,(H,24,25)/p+1. The number of pyridine rings is 1. The lowest BCUT2D eigenvalue weighted by atomic mass is 10.0. The normalized spacial score (nSPS) is 10.4. The monoisotopic (exact) mass is 376 g/mol. The Morgan fingerprint density at radius 1 is 1.21 bits per heavy atom. The molecule has 1 heterocycles. The first-order chi connectivity index (χ1) is 13.5. The van der Waals surface area contributed by atoms with E-state index >= 15 is 0 Å². The SMILES string of the molecule is COc1cccc(C(=O)OCCNc2[nH+]c3cc(C)cc(C)c3cc2C#N)c1. The van der Waals surface area contributed by atoms with Crippen molar-refractivity contribution in [1.82, 2.24) is 0 Å². The van der Waals surface area contributed by atoms with Gasteiger partial charge >= 0.3 is 5.97 Å². The fourth-order valence-corrected chi connectivity index (χ4v) is 3.07. The van der Waals surface area contributed by atoms with E-state index < -0.39 is 5.97 Å². The van der Waals surface area contributed by atoms with Crippen LogP contribution in [0.1, 0.15) is 27.0 Å². The van der Waals surface area contributed by atoms with Crippen LogP contribution in [0.25, 0.3) is 10.9 Å². The number of esters is 1. The molecule has 6 heteroatoms. The third-order valence-corrected chi connectivity index (χ3v) is 4.41. The van der Waals surface area contributed by atoms with Gasteiger partial charge < -0.3 is 9.47 Å². The van der Waals surface area contributed by atoms with Crippen molar-refractivity contribution in [3.8, 4) is 11.8 Å². The smallest absolute Gasteiger partial charge is 0.338 e. The van der Waals surface area contributed by atoms with E-state index in [-0.39, 0.29) is 6.61 Å². The second kappa shape index (κ2) is 8.40. The lowest BCUT2D eigenvalue weighted by Gasteiger charge is -2.07. The third-order valence-electron chi connectivity index (χ3n) is 4.41. The summed E-state index contributed by atoms with van der Waals surface area (Å²) in [6.07, 6.45) is 0. The molecule has 0 saturated heterocycles. The quantitative estimate of drug-likeness (QED) is 0.526. The molecule has 2 aromatic carbocycles. The number of aromatic nitrogens is 1. The summed E-state index contributed by atoms with van der Waals surface area (Å²) in [6.45, 7) is 4.59. The van der Waals surface area contributed by atoms with Gasteiger partial charge in [-0.2, -0.15) is 5.26 Å². The molecule has 0 fully saturated rings. The number of benzene rings is 2. The fraction of sp³-hybridized carbons (Fsp3) is 0.227. The van der Waals surface area contributed by atoms with E-state index in [2.05, 4.69) is 22.4 Å². The molecule has 6 nitrogen and oxygen atoms in total. The number of anilines is 1. The Balaban J connectivity index is 1.66. The van der Waals surface area contributed by atoms with Gasteiger partial charge in [0.25, 0.3) is 5.82 Å². The number of ether oxygens (including phenoxy) is 2. The summed E-state index contributed by atoms with van der Waals surface area (Å²) in [4.78, 5) is 15.4. The summed E-state index contributed by atoms with van der Waals surface area (Å²) in [6, 6.07) is 15.0. The van der Waals surface area contributed by atoms with E-state index in [4.69, 9.17) is 9.47 Å². The van der Waals surface area contributed by atoms with Gasteiger partial charge in [0.1, 0.15) is 36.1 Å². The third kappa shape index (κ3) is 4.21. The fourth-order valence-electron chi connectivity index (χ4n) is 3.07. The number of H-pyrrole nitrogens is 1. The largest absolute Gasteiger partial charge is 0.497 e. The average molecular weight is 376 g/mol. The van der Waals surface area contributed by atoms with Crippen LogP contribution in [0.15, 0.2) is 42.5 Å². The Labute approximate surface area is 163 Å². The van der Waals surface area contributed by atoms with E-state index in [9.17, 15) is 10.1 Å². The van der Waals surface area contributed by atoms with Crippen LogP contribution >= 0.6 is 0 Å². The van der Waals surface area contributed by atoms with Gasteiger partial charge in [0.15, 0.2) is 0 Å². The topological polar surface area (TPSA) is 85.5 Å². The number of nitriles is 1. The Morgan fingerprint density at radius 3 is 2.79 bits per heavy atom. The highest BCUT2D eigenvalue weighted by Gasteiger charge is 2.14. The van der Waals surface area contributed by atoms with Crippen molar-refractivity contribution in [2.24, 2.45) is 0 Å². The van der Waals surface area contributed by atoms with Crippen LogP contribution in [0.2, 0.25) is 0 Å². The predicted molar refractivity (Wildman–Crippen MR) is 106 cm³/mol. The van der Waals surface area contributed by atoms with E-state index in [0.29, 0.717) is 29.2 Å². The number of carbonyl (C=O) groups is 1. The highest BCUT2D eigenvalue weighted by Crippen LogP contribution is 2.21. The molecule has 3 rings (SSSR count). The summed E-state index contributed by atoms with van der Waals surface area (Å²) < 4.78 is 10.4. The van der Waals surface area contributed by atoms with E-state index in [1.807, 2.05) is 26.0 Å². The lowest BCUT2D eigenvalue weighted by Crippen LogP contribution is -2.21. The van der Waals surface area contributed by atoms with Crippen LogP contribution in [0, 0.1) is 25.2 Å². The van der Waals surface area contributed by atoms with Crippen molar-refractivity contribution in [1.29, 1.82) is 5.26 Å². The maximum absolute atomic E-state index is 12.1. The van der Waals surface area contributed by atoms with E-state index in [1.54, 1.807) is 31.4 Å². The second-order valence-corrected chi connectivity index (χ2v) is 6.51. The number of hydrogen-bond acceptors (Lipinski definition) is 5. The highest BCUT2D eigenvalue weighted by molar-refractivity contribution is 5.89. The summed E-state index contributed by atoms with van der Waals surface area (Å²) in [7, 11) is 1.55. The maximum Gasteiger partial charge on any atom is 0.338 e. The first kappa shape index (κ1) is 19.2. The molecule has 0 aliphatic carbocycles. The summed E-state index contributed by atoms with van der Waals surface area (Å²) in [5.41, 5.74) is 4.15. The number of nitrogens with zero attached hydrogens (tertiary/aromatic N) is 1.